The number of aliphatic hydroxyl groups is 1. The third kappa shape index (κ3) is 2.26. The molecule has 0 bridgehead atoms. The molecule has 18 heavy (non-hydrogen) atoms. The van der Waals surface area contributed by atoms with Crippen LogP contribution in [0.5, 0.6) is 0 Å². The van der Waals surface area contributed by atoms with Gasteiger partial charge in [0.1, 0.15) is 5.82 Å². The van der Waals surface area contributed by atoms with Gasteiger partial charge in [0.05, 0.1) is 30.1 Å². The minimum Gasteiger partial charge on any atom is -0.394 e. The summed E-state index contributed by atoms with van der Waals surface area (Å²) >= 11 is 0. The molecule has 0 radical (unpaired) electrons. The first kappa shape index (κ1) is 13.0. The third-order valence-corrected chi connectivity index (χ3v) is 3.18. The molecule has 0 amide bonds. The zero-order valence-corrected chi connectivity index (χ0v) is 11.0. The van der Waals surface area contributed by atoms with E-state index in [2.05, 4.69) is 10.00 Å². The largest absolute Gasteiger partial charge is 0.394 e. The Morgan fingerprint density at radius 3 is 2.89 bits per heavy atom. The average Bonchev–Trinajstić information content (AvgIpc) is 2.62. The van der Waals surface area contributed by atoms with E-state index in [1.807, 2.05) is 20.9 Å². The number of aldehydes is 1. The number of rotatable bonds is 3. The van der Waals surface area contributed by atoms with Crippen molar-refractivity contribution in [3.63, 3.8) is 0 Å². The Morgan fingerprint density at radius 1 is 1.56 bits per heavy atom. The lowest BCUT2D eigenvalue weighted by Gasteiger charge is -2.37. The quantitative estimate of drug-likeness (QED) is 0.775. The van der Waals surface area contributed by atoms with E-state index in [1.54, 1.807) is 4.68 Å². The van der Waals surface area contributed by atoms with Gasteiger partial charge in [0.2, 0.25) is 0 Å². The van der Waals surface area contributed by atoms with Crippen LogP contribution in [0.15, 0.2) is 0 Å². The molecule has 1 N–H and O–H groups in total. The molecule has 1 aromatic rings. The zero-order chi connectivity index (χ0) is 13.3. The highest BCUT2D eigenvalue weighted by Gasteiger charge is 2.28. The minimum absolute atomic E-state index is 0.0191. The average molecular weight is 253 g/mol. The van der Waals surface area contributed by atoms with Gasteiger partial charge in [-0.1, -0.05) is 0 Å². The standard InChI is InChI=1S/C12H19N3O3/c1-8-4-15(5-10(6-16)18-8)12-11(7-17)9(2)13-14(12)3/h7-8,10,16H,4-6H2,1-3H3. The molecule has 1 saturated heterocycles. The second kappa shape index (κ2) is 5.07. The maximum absolute atomic E-state index is 11.2. The Bertz CT molecular complexity index is 444. The second-order valence-electron chi connectivity index (χ2n) is 4.72. The van der Waals surface area contributed by atoms with Gasteiger partial charge >= 0.3 is 0 Å². The molecule has 1 aliphatic heterocycles. The fraction of sp³-hybridized carbons (Fsp3) is 0.667. The number of hydrogen-bond acceptors (Lipinski definition) is 5. The number of nitrogens with zero attached hydrogens (tertiary/aromatic N) is 3. The Labute approximate surface area is 106 Å². The summed E-state index contributed by atoms with van der Waals surface area (Å²) in [5.41, 5.74) is 1.34. The van der Waals surface area contributed by atoms with Crippen LogP contribution in [0.2, 0.25) is 0 Å². The molecule has 6 heteroatoms. The van der Waals surface area contributed by atoms with Crippen molar-refractivity contribution in [1.29, 1.82) is 0 Å². The van der Waals surface area contributed by atoms with Crippen LogP contribution in [0, 0.1) is 6.92 Å². The second-order valence-corrected chi connectivity index (χ2v) is 4.72. The Balaban J connectivity index is 2.33. The van der Waals surface area contributed by atoms with Crippen molar-refractivity contribution in [2.75, 3.05) is 24.6 Å². The molecule has 0 aromatic carbocycles. The molecule has 2 heterocycles. The lowest BCUT2D eigenvalue weighted by molar-refractivity contribution is -0.0424. The molecule has 0 aliphatic carbocycles. The molecule has 0 spiro atoms. The van der Waals surface area contributed by atoms with Crippen LogP contribution >= 0.6 is 0 Å². The molecular formula is C12H19N3O3. The van der Waals surface area contributed by atoms with E-state index in [4.69, 9.17) is 4.74 Å². The number of carbonyl (C=O) groups excluding carboxylic acids is 1. The van der Waals surface area contributed by atoms with E-state index in [0.29, 0.717) is 18.7 Å². The van der Waals surface area contributed by atoms with Crippen LogP contribution in [0.4, 0.5) is 5.82 Å². The predicted molar refractivity (Wildman–Crippen MR) is 67.0 cm³/mol. The molecule has 2 rings (SSSR count). The number of carbonyl (C=O) groups is 1. The molecular weight excluding hydrogens is 234 g/mol. The molecule has 1 aromatic heterocycles. The predicted octanol–water partition coefficient (Wildman–Crippen LogP) is 0.127. The van der Waals surface area contributed by atoms with Crippen LogP contribution < -0.4 is 4.90 Å². The highest BCUT2D eigenvalue weighted by atomic mass is 16.5. The summed E-state index contributed by atoms with van der Waals surface area (Å²) < 4.78 is 7.31. The van der Waals surface area contributed by atoms with Gasteiger partial charge in [0.25, 0.3) is 0 Å². The number of anilines is 1. The Hall–Kier alpha value is -1.40. The molecule has 6 nitrogen and oxygen atoms in total. The maximum atomic E-state index is 11.2. The summed E-state index contributed by atoms with van der Waals surface area (Å²) in [7, 11) is 1.82. The van der Waals surface area contributed by atoms with Gasteiger partial charge in [0.15, 0.2) is 6.29 Å². The van der Waals surface area contributed by atoms with E-state index < -0.39 is 0 Å². The van der Waals surface area contributed by atoms with Crippen LogP contribution in [-0.4, -0.2) is 53.1 Å². The number of aromatic nitrogens is 2. The van der Waals surface area contributed by atoms with E-state index in [1.165, 1.54) is 0 Å². The summed E-state index contributed by atoms with van der Waals surface area (Å²) in [6.45, 7) is 5.02. The number of ether oxygens (including phenoxy) is 1. The van der Waals surface area contributed by atoms with Crippen molar-refractivity contribution in [1.82, 2.24) is 9.78 Å². The fourth-order valence-electron chi connectivity index (χ4n) is 2.49. The van der Waals surface area contributed by atoms with Gasteiger partial charge in [-0.25, -0.2) is 0 Å². The topological polar surface area (TPSA) is 67.6 Å². The number of aryl methyl sites for hydroxylation is 2. The molecule has 100 valence electrons. The van der Waals surface area contributed by atoms with Crippen molar-refractivity contribution < 1.29 is 14.6 Å². The summed E-state index contributed by atoms with van der Waals surface area (Å²) in [5, 5.41) is 13.5. The summed E-state index contributed by atoms with van der Waals surface area (Å²) in [5.74, 6) is 0.802. The lowest BCUT2D eigenvalue weighted by Crippen LogP contribution is -2.49. The van der Waals surface area contributed by atoms with Gasteiger partial charge in [-0.05, 0) is 13.8 Å². The van der Waals surface area contributed by atoms with Gasteiger partial charge in [-0.15, -0.1) is 0 Å². The summed E-state index contributed by atoms with van der Waals surface area (Å²) in [4.78, 5) is 13.2. The lowest BCUT2D eigenvalue weighted by atomic mass is 10.2. The highest BCUT2D eigenvalue weighted by Crippen LogP contribution is 2.25. The van der Waals surface area contributed by atoms with E-state index in [9.17, 15) is 9.90 Å². The minimum atomic E-state index is -0.219. The first-order valence-electron chi connectivity index (χ1n) is 6.06. The molecule has 2 unspecified atom stereocenters. The van der Waals surface area contributed by atoms with E-state index in [0.717, 1.165) is 17.8 Å². The van der Waals surface area contributed by atoms with Gasteiger partial charge in [-0.2, -0.15) is 5.10 Å². The van der Waals surface area contributed by atoms with Crippen molar-refractivity contribution in [3.05, 3.63) is 11.3 Å². The SMILES string of the molecule is Cc1nn(C)c(N2CC(C)OC(CO)C2)c1C=O. The summed E-state index contributed by atoms with van der Waals surface area (Å²) in [6, 6.07) is 0. The fourth-order valence-corrected chi connectivity index (χ4v) is 2.49. The number of morpholine rings is 1. The first-order valence-corrected chi connectivity index (χ1v) is 6.06. The van der Waals surface area contributed by atoms with Crippen LogP contribution in [-0.2, 0) is 11.8 Å². The van der Waals surface area contributed by atoms with Crippen molar-refractivity contribution in [2.24, 2.45) is 7.05 Å². The van der Waals surface area contributed by atoms with Crippen LogP contribution in [0.25, 0.3) is 0 Å². The van der Waals surface area contributed by atoms with E-state index in [-0.39, 0.29) is 18.8 Å². The Kier molecular flexibility index (Phi) is 3.68. The van der Waals surface area contributed by atoms with Gasteiger partial charge in [0, 0.05) is 20.1 Å². The zero-order valence-electron chi connectivity index (χ0n) is 11.0. The number of hydrogen-bond donors (Lipinski definition) is 1. The van der Waals surface area contributed by atoms with Gasteiger partial charge in [-0.3, -0.25) is 9.48 Å². The maximum Gasteiger partial charge on any atom is 0.155 e. The van der Waals surface area contributed by atoms with E-state index >= 15 is 0 Å². The monoisotopic (exact) mass is 253 g/mol. The first-order chi connectivity index (χ1) is 8.56. The Morgan fingerprint density at radius 2 is 2.28 bits per heavy atom. The van der Waals surface area contributed by atoms with Crippen LogP contribution in [0.3, 0.4) is 0 Å². The molecule has 2 atom stereocenters. The highest BCUT2D eigenvalue weighted by molar-refractivity contribution is 5.84. The normalized spacial score (nSPS) is 24.3. The van der Waals surface area contributed by atoms with Crippen molar-refractivity contribution >= 4 is 12.1 Å². The molecule has 1 fully saturated rings. The number of aliphatic hydroxyl groups excluding tert-OH is 1. The van der Waals surface area contributed by atoms with Crippen molar-refractivity contribution in [2.45, 2.75) is 26.1 Å². The summed E-state index contributed by atoms with van der Waals surface area (Å²) in [6.07, 6.45) is 0.639. The van der Waals surface area contributed by atoms with Crippen molar-refractivity contribution in [3.8, 4) is 0 Å². The smallest absolute Gasteiger partial charge is 0.155 e. The van der Waals surface area contributed by atoms with Crippen LogP contribution in [0.1, 0.15) is 23.0 Å². The van der Waals surface area contributed by atoms with Gasteiger partial charge < -0.3 is 14.7 Å². The third-order valence-electron chi connectivity index (χ3n) is 3.18. The molecule has 1 aliphatic rings. The molecule has 0 saturated carbocycles.